The van der Waals surface area contributed by atoms with Crippen LogP contribution in [0.4, 0.5) is 0 Å². The molecule has 0 aliphatic heterocycles. The van der Waals surface area contributed by atoms with Crippen molar-refractivity contribution in [3.05, 3.63) is 21.2 Å². The SMILES string of the molecule is Clc1nc(Cl)c(Cl)c(C(Cl)Cl)n1. The normalized spacial score (nSPS) is 10.8. The maximum atomic E-state index is 5.68. The largest absolute Gasteiger partial charge is 0.224 e. The van der Waals surface area contributed by atoms with E-state index in [1.54, 1.807) is 0 Å². The van der Waals surface area contributed by atoms with Crippen molar-refractivity contribution in [1.82, 2.24) is 9.97 Å². The van der Waals surface area contributed by atoms with E-state index >= 15 is 0 Å². The molecule has 0 bridgehead atoms. The molecule has 12 heavy (non-hydrogen) atoms. The number of aromatic nitrogens is 2. The van der Waals surface area contributed by atoms with E-state index in [0.717, 1.165) is 0 Å². The lowest BCUT2D eigenvalue weighted by molar-refractivity contribution is 1.07. The average Bonchev–Trinajstić information content (AvgIpc) is 1.96. The maximum absolute atomic E-state index is 5.68. The highest BCUT2D eigenvalue weighted by molar-refractivity contribution is 6.47. The molecule has 0 saturated carbocycles. The van der Waals surface area contributed by atoms with Crippen LogP contribution in [0.5, 0.6) is 0 Å². The maximum Gasteiger partial charge on any atom is 0.224 e. The van der Waals surface area contributed by atoms with Gasteiger partial charge >= 0.3 is 0 Å². The molecule has 7 heteroatoms. The van der Waals surface area contributed by atoms with E-state index in [4.69, 9.17) is 58.0 Å². The number of rotatable bonds is 1. The van der Waals surface area contributed by atoms with Gasteiger partial charge in [-0.05, 0) is 11.6 Å². The van der Waals surface area contributed by atoms with Gasteiger partial charge in [0, 0.05) is 0 Å². The van der Waals surface area contributed by atoms with Crippen LogP contribution in [0.3, 0.4) is 0 Å². The van der Waals surface area contributed by atoms with Crippen LogP contribution >= 0.6 is 58.0 Å². The molecule has 0 amide bonds. The Hall–Kier alpha value is 0.530. The van der Waals surface area contributed by atoms with Crippen LogP contribution in [-0.2, 0) is 0 Å². The number of alkyl halides is 2. The molecule has 0 aliphatic carbocycles. The molecule has 0 fully saturated rings. The fraction of sp³-hybridized carbons (Fsp3) is 0.200. The molecule has 66 valence electrons. The molecule has 1 aromatic rings. The fourth-order valence-corrected chi connectivity index (χ4v) is 1.57. The summed E-state index contributed by atoms with van der Waals surface area (Å²) in [5.41, 5.74) is 0.213. The molecule has 0 atom stereocenters. The highest BCUT2D eigenvalue weighted by atomic mass is 35.5. The lowest BCUT2D eigenvalue weighted by Crippen LogP contribution is -1.94. The molecule has 1 rings (SSSR count). The van der Waals surface area contributed by atoms with Gasteiger partial charge in [0.25, 0.3) is 0 Å². The molecular formula is C5HCl5N2. The van der Waals surface area contributed by atoms with E-state index in [-0.39, 0.29) is 21.2 Å². The molecule has 0 aromatic carbocycles. The summed E-state index contributed by atoms with van der Waals surface area (Å²) in [7, 11) is 0. The zero-order chi connectivity index (χ0) is 9.30. The van der Waals surface area contributed by atoms with Crippen LogP contribution < -0.4 is 0 Å². The Labute approximate surface area is 93.8 Å². The van der Waals surface area contributed by atoms with Crippen LogP contribution in [0, 0.1) is 0 Å². The Bertz CT molecular complexity index is 300. The molecule has 2 nitrogen and oxygen atoms in total. The quantitative estimate of drug-likeness (QED) is 0.437. The molecule has 0 radical (unpaired) electrons. The van der Waals surface area contributed by atoms with Gasteiger partial charge in [0.05, 0.1) is 5.69 Å². The Morgan fingerprint density at radius 2 is 1.58 bits per heavy atom. The van der Waals surface area contributed by atoms with Crippen LogP contribution in [0.1, 0.15) is 10.5 Å². The van der Waals surface area contributed by atoms with Crippen molar-refractivity contribution in [2.24, 2.45) is 0 Å². The van der Waals surface area contributed by atoms with E-state index < -0.39 is 4.84 Å². The van der Waals surface area contributed by atoms with Crippen molar-refractivity contribution < 1.29 is 0 Å². The van der Waals surface area contributed by atoms with Gasteiger partial charge in [-0.1, -0.05) is 46.4 Å². The van der Waals surface area contributed by atoms with Crippen molar-refractivity contribution in [2.45, 2.75) is 4.84 Å². The minimum absolute atomic E-state index is 0.0364. The Balaban J connectivity index is 3.28. The third kappa shape index (κ3) is 2.27. The van der Waals surface area contributed by atoms with Gasteiger partial charge < -0.3 is 0 Å². The Morgan fingerprint density at radius 1 is 1.00 bits per heavy atom. The summed E-state index contributed by atoms with van der Waals surface area (Å²) in [5.74, 6) is 0. The van der Waals surface area contributed by atoms with Crippen LogP contribution in [0.25, 0.3) is 0 Å². The molecule has 1 heterocycles. The standard InChI is InChI=1S/C5HCl5N2/c6-1-2(3(7)8)11-5(10)12-4(1)9/h3H. The van der Waals surface area contributed by atoms with Gasteiger partial charge in [0.15, 0.2) is 9.99 Å². The molecule has 0 spiro atoms. The Kier molecular flexibility index (Phi) is 3.68. The topological polar surface area (TPSA) is 25.8 Å². The molecule has 0 unspecified atom stereocenters. The second-order valence-corrected chi connectivity index (χ2v) is 3.95. The minimum Gasteiger partial charge on any atom is -0.218 e. The first kappa shape index (κ1) is 10.6. The second kappa shape index (κ2) is 4.16. The fourth-order valence-electron chi connectivity index (χ4n) is 0.554. The summed E-state index contributed by atoms with van der Waals surface area (Å²) < 4.78 is 0. The molecule has 0 aliphatic rings. The van der Waals surface area contributed by atoms with Crippen molar-refractivity contribution in [2.75, 3.05) is 0 Å². The van der Waals surface area contributed by atoms with Crippen LogP contribution in [0.2, 0.25) is 15.5 Å². The van der Waals surface area contributed by atoms with E-state index in [2.05, 4.69) is 9.97 Å². The van der Waals surface area contributed by atoms with Crippen molar-refractivity contribution in [3.8, 4) is 0 Å². The van der Waals surface area contributed by atoms with Crippen molar-refractivity contribution in [1.29, 1.82) is 0 Å². The lowest BCUT2D eigenvalue weighted by Gasteiger charge is -2.04. The van der Waals surface area contributed by atoms with E-state index in [0.29, 0.717) is 0 Å². The predicted molar refractivity (Wildman–Crippen MR) is 51.5 cm³/mol. The van der Waals surface area contributed by atoms with Gasteiger partial charge in [-0.2, -0.15) is 0 Å². The van der Waals surface area contributed by atoms with Crippen molar-refractivity contribution >= 4 is 58.0 Å². The lowest BCUT2D eigenvalue weighted by atomic mass is 10.4. The van der Waals surface area contributed by atoms with Gasteiger partial charge in [0.1, 0.15) is 5.02 Å². The minimum atomic E-state index is -0.865. The molecular weight excluding hydrogens is 265 g/mol. The first-order valence-corrected chi connectivity index (χ1v) is 4.69. The van der Waals surface area contributed by atoms with Gasteiger partial charge in [-0.15, -0.1) is 0 Å². The first-order valence-electron chi connectivity index (χ1n) is 2.69. The average molecular weight is 266 g/mol. The van der Waals surface area contributed by atoms with Crippen molar-refractivity contribution in [3.63, 3.8) is 0 Å². The summed E-state index contributed by atoms with van der Waals surface area (Å²) in [6.07, 6.45) is 0. The third-order valence-corrected chi connectivity index (χ3v) is 2.34. The Morgan fingerprint density at radius 3 is 2.08 bits per heavy atom. The predicted octanol–water partition coefficient (Wildman–Crippen LogP) is 3.91. The van der Waals surface area contributed by atoms with Crippen LogP contribution in [-0.4, -0.2) is 9.97 Å². The second-order valence-electron chi connectivity index (χ2n) is 1.78. The van der Waals surface area contributed by atoms with Gasteiger partial charge in [0.2, 0.25) is 5.28 Å². The smallest absolute Gasteiger partial charge is 0.218 e. The summed E-state index contributed by atoms with van der Waals surface area (Å²) in [6.45, 7) is 0. The monoisotopic (exact) mass is 264 g/mol. The third-order valence-electron chi connectivity index (χ3n) is 1.02. The van der Waals surface area contributed by atoms with Gasteiger partial charge in [-0.3, -0.25) is 0 Å². The number of halogens is 5. The highest BCUT2D eigenvalue weighted by Crippen LogP contribution is 2.33. The first-order chi connectivity index (χ1) is 5.52. The van der Waals surface area contributed by atoms with E-state index in [1.807, 2.05) is 0 Å². The zero-order valence-electron chi connectivity index (χ0n) is 5.36. The number of hydrogen-bond donors (Lipinski definition) is 0. The highest BCUT2D eigenvalue weighted by Gasteiger charge is 2.15. The summed E-state index contributed by atoms with van der Waals surface area (Å²) >= 11 is 27.8. The summed E-state index contributed by atoms with van der Waals surface area (Å²) in [6, 6.07) is 0. The van der Waals surface area contributed by atoms with Gasteiger partial charge in [-0.25, -0.2) is 9.97 Å². The summed E-state index contributed by atoms with van der Waals surface area (Å²) in [4.78, 5) is 6.43. The molecule has 0 saturated heterocycles. The zero-order valence-corrected chi connectivity index (χ0v) is 9.14. The molecule has 1 aromatic heterocycles. The number of nitrogens with zero attached hydrogens (tertiary/aromatic N) is 2. The number of hydrogen-bond acceptors (Lipinski definition) is 2. The van der Waals surface area contributed by atoms with E-state index in [1.165, 1.54) is 0 Å². The van der Waals surface area contributed by atoms with E-state index in [9.17, 15) is 0 Å². The summed E-state index contributed by atoms with van der Waals surface area (Å²) in [5, 5.41) is 0.125. The van der Waals surface area contributed by atoms with Crippen LogP contribution in [0.15, 0.2) is 0 Å². The molecule has 0 N–H and O–H groups in total.